The van der Waals surface area contributed by atoms with Gasteiger partial charge in [-0.3, -0.25) is 0 Å². The Morgan fingerprint density at radius 1 is 1.10 bits per heavy atom. The molecule has 2 rings (SSSR count). The third-order valence-electron chi connectivity index (χ3n) is 3.07. The number of halogens is 1. The maximum atomic E-state index is 11.9. The minimum absolute atomic E-state index is 0.192. The molecule has 0 amide bonds. The first-order valence-corrected chi connectivity index (χ1v) is 9.27. The Labute approximate surface area is 134 Å². The summed E-state index contributed by atoms with van der Waals surface area (Å²) < 4.78 is 24.9. The first-order chi connectivity index (χ1) is 10.0. The summed E-state index contributed by atoms with van der Waals surface area (Å²) in [5.41, 5.74) is 2.07. The van der Waals surface area contributed by atoms with Crippen molar-refractivity contribution in [3.05, 3.63) is 58.6 Å². The summed E-state index contributed by atoms with van der Waals surface area (Å²) in [4.78, 5) is 0.386. The molecule has 0 aliphatic rings. The van der Waals surface area contributed by atoms with Crippen molar-refractivity contribution in [3.63, 3.8) is 0 Å². The lowest BCUT2D eigenvalue weighted by atomic mass is 10.2. The fourth-order valence-electron chi connectivity index (χ4n) is 2.02. The smallest absolute Gasteiger partial charge is 0.178 e. The molecular weight excluding hydrogens is 350 g/mol. The third-order valence-corrected chi connectivity index (χ3v) is 5.50. The van der Waals surface area contributed by atoms with Crippen LogP contribution in [0.15, 0.2) is 57.9 Å². The third kappa shape index (κ3) is 4.58. The van der Waals surface area contributed by atoms with Crippen LogP contribution in [0.3, 0.4) is 0 Å². The van der Waals surface area contributed by atoms with Crippen molar-refractivity contribution in [2.24, 2.45) is 0 Å². The summed E-state index contributed by atoms with van der Waals surface area (Å²) in [6.07, 6.45) is 0.630. The minimum atomic E-state index is -3.13. The molecule has 0 aromatic heterocycles. The first-order valence-electron chi connectivity index (χ1n) is 6.82. The van der Waals surface area contributed by atoms with Crippen molar-refractivity contribution in [1.82, 2.24) is 0 Å². The fraction of sp³-hybridized carbons (Fsp3) is 0.250. The Morgan fingerprint density at radius 2 is 1.81 bits per heavy atom. The average Bonchev–Trinajstić information content (AvgIpc) is 2.46. The van der Waals surface area contributed by atoms with E-state index in [1.807, 2.05) is 31.2 Å². The highest BCUT2D eigenvalue weighted by Gasteiger charge is 2.12. The van der Waals surface area contributed by atoms with Crippen LogP contribution in [0.1, 0.15) is 18.9 Å². The number of sulfone groups is 1. The predicted molar refractivity (Wildman–Crippen MR) is 90.3 cm³/mol. The molecule has 0 unspecified atom stereocenters. The number of benzene rings is 2. The lowest BCUT2D eigenvalue weighted by molar-refractivity contribution is 0.595. The monoisotopic (exact) mass is 367 g/mol. The van der Waals surface area contributed by atoms with Crippen LogP contribution in [0.5, 0.6) is 0 Å². The van der Waals surface area contributed by atoms with E-state index in [4.69, 9.17) is 0 Å². The van der Waals surface area contributed by atoms with Gasteiger partial charge in [-0.15, -0.1) is 0 Å². The van der Waals surface area contributed by atoms with E-state index in [9.17, 15) is 8.42 Å². The van der Waals surface area contributed by atoms with Crippen LogP contribution in [0, 0.1) is 0 Å². The van der Waals surface area contributed by atoms with E-state index in [1.165, 1.54) is 0 Å². The van der Waals surface area contributed by atoms with Gasteiger partial charge in [-0.2, -0.15) is 0 Å². The van der Waals surface area contributed by atoms with Crippen molar-refractivity contribution in [3.8, 4) is 0 Å². The highest BCUT2D eigenvalue weighted by Crippen LogP contribution is 2.17. The second-order valence-electron chi connectivity index (χ2n) is 4.83. The normalized spacial score (nSPS) is 11.3. The van der Waals surface area contributed by atoms with E-state index in [1.54, 1.807) is 24.3 Å². The summed E-state index contributed by atoms with van der Waals surface area (Å²) >= 11 is 3.44. The number of anilines is 1. The number of nitrogens with one attached hydrogen (secondary N) is 1. The Hall–Kier alpha value is -1.33. The van der Waals surface area contributed by atoms with Gasteiger partial charge in [0.2, 0.25) is 0 Å². The zero-order valence-corrected chi connectivity index (χ0v) is 14.2. The Morgan fingerprint density at radius 3 is 2.43 bits per heavy atom. The number of hydrogen-bond acceptors (Lipinski definition) is 3. The maximum Gasteiger partial charge on any atom is 0.178 e. The standard InChI is InChI=1S/C16H18BrNO2S/c1-2-10-21(19,20)16-8-6-15(7-9-16)18-12-13-4-3-5-14(17)11-13/h3-9,11,18H,2,10,12H2,1H3. The molecule has 0 radical (unpaired) electrons. The van der Waals surface area contributed by atoms with Gasteiger partial charge in [0, 0.05) is 16.7 Å². The van der Waals surface area contributed by atoms with Crippen LogP contribution in [0.2, 0.25) is 0 Å². The van der Waals surface area contributed by atoms with Gasteiger partial charge >= 0.3 is 0 Å². The van der Waals surface area contributed by atoms with Gasteiger partial charge in [0.25, 0.3) is 0 Å². The quantitative estimate of drug-likeness (QED) is 0.829. The van der Waals surface area contributed by atoms with Crippen LogP contribution in [-0.2, 0) is 16.4 Å². The van der Waals surface area contributed by atoms with Crippen molar-refractivity contribution in [2.75, 3.05) is 11.1 Å². The van der Waals surface area contributed by atoms with Gasteiger partial charge in [0.1, 0.15) is 0 Å². The first kappa shape index (κ1) is 16.0. The lowest BCUT2D eigenvalue weighted by Gasteiger charge is -2.08. The molecule has 0 aliphatic carbocycles. The van der Waals surface area contributed by atoms with Crippen LogP contribution in [0.25, 0.3) is 0 Å². The molecule has 0 saturated carbocycles. The Kier molecular flexibility index (Phi) is 5.42. The number of hydrogen-bond donors (Lipinski definition) is 1. The average molecular weight is 368 g/mol. The van der Waals surface area contributed by atoms with E-state index in [2.05, 4.69) is 21.2 Å². The second-order valence-corrected chi connectivity index (χ2v) is 7.85. The summed E-state index contributed by atoms with van der Waals surface area (Å²) in [5.74, 6) is 0.192. The molecule has 2 aromatic rings. The molecule has 0 bridgehead atoms. The van der Waals surface area contributed by atoms with Gasteiger partial charge in [0.15, 0.2) is 9.84 Å². The second kappa shape index (κ2) is 7.09. The fourth-order valence-corrected chi connectivity index (χ4v) is 3.79. The molecule has 0 saturated heterocycles. The van der Waals surface area contributed by atoms with E-state index in [0.717, 1.165) is 15.7 Å². The summed E-state index contributed by atoms with van der Waals surface area (Å²) in [7, 11) is -3.13. The number of rotatable bonds is 6. The molecule has 2 aromatic carbocycles. The summed E-state index contributed by atoms with van der Waals surface area (Å²) in [5, 5.41) is 3.28. The van der Waals surface area contributed by atoms with Crippen LogP contribution < -0.4 is 5.32 Å². The molecule has 112 valence electrons. The predicted octanol–water partition coefficient (Wildman–Crippen LogP) is 4.24. The van der Waals surface area contributed by atoms with E-state index < -0.39 is 9.84 Å². The largest absolute Gasteiger partial charge is 0.381 e. The molecule has 0 spiro atoms. The van der Waals surface area contributed by atoms with Crippen molar-refractivity contribution < 1.29 is 8.42 Å². The molecule has 0 atom stereocenters. The summed E-state index contributed by atoms with van der Waals surface area (Å²) in [6.45, 7) is 2.56. The van der Waals surface area contributed by atoms with Crippen LogP contribution in [0.4, 0.5) is 5.69 Å². The lowest BCUT2D eigenvalue weighted by Crippen LogP contribution is -2.06. The molecular formula is C16H18BrNO2S. The zero-order valence-electron chi connectivity index (χ0n) is 11.8. The minimum Gasteiger partial charge on any atom is -0.381 e. The van der Waals surface area contributed by atoms with Gasteiger partial charge in [-0.05, 0) is 48.4 Å². The molecule has 0 heterocycles. The van der Waals surface area contributed by atoms with Crippen molar-refractivity contribution in [1.29, 1.82) is 0 Å². The molecule has 3 nitrogen and oxygen atoms in total. The zero-order chi connectivity index (χ0) is 15.3. The van der Waals surface area contributed by atoms with Gasteiger partial charge < -0.3 is 5.32 Å². The van der Waals surface area contributed by atoms with Gasteiger partial charge in [-0.25, -0.2) is 8.42 Å². The molecule has 1 N–H and O–H groups in total. The van der Waals surface area contributed by atoms with Gasteiger partial charge in [0.05, 0.1) is 10.6 Å². The molecule has 0 aliphatic heterocycles. The van der Waals surface area contributed by atoms with Crippen LogP contribution >= 0.6 is 15.9 Å². The molecule has 0 fully saturated rings. The SMILES string of the molecule is CCCS(=O)(=O)c1ccc(NCc2cccc(Br)c2)cc1. The van der Waals surface area contributed by atoms with Crippen molar-refractivity contribution in [2.45, 2.75) is 24.8 Å². The molecule has 21 heavy (non-hydrogen) atoms. The van der Waals surface area contributed by atoms with Crippen LogP contribution in [-0.4, -0.2) is 14.2 Å². The Balaban J connectivity index is 2.03. The summed E-state index contributed by atoms with van der Waals surface area (Å²) in [6, 6.07) is 15.0. The Bertz CT molecular complexity index is 696. The van der Waals surface area contributed by atoms with E-state index in [-0.39, 0.29) is 5.75 Å². The van der Waals surface area contributed by atoms with Crippen molar-refractivity contribution >= 4 is 31.5 Å². The maximum absolute atomic E-state index is 11.9. The highest BCUT2D eigenvalue weighted by atomic mass is 79.9. The molecule has 5 heteroatoms. The van der Waals surface area contributed by atoms with Gasteiger partial charge in [-0.1, -0.05) is 35.0 Å². The van der Waals surface area contributed by atoms with E-state index >= 15 is 0 Å². The van der Waals surface area contributed by atoms with E-state index in [0.29, 0.717) is 17.9 Å². The highest BCUT2D eigenvalue weighted by molar-refractivity contribution is 9.10. The topological polar surface area (TPSA) is 46.2 Å².